The Balaban J connectivity index is 2.93. The van der Waals surface area contributed by atoms with Gasteiger partial charge in [0.05, 0.1) is 18.6 Å². The lowest BCUT2D eigenvalue weighted by molar-refractivity contribution is -0.145. The van der Waals surface area contributed by atoms with Crippen LogP contribution < -0.4 is 5.73 Å². The van der Waals surface area contributed by atoms with Crippen molar-refractivity contribution >= 4 is 5.91 Å². The zero-order valence-corrected chi connectivity index (χ0v) is 13.1. The minimum atomic E-state index is -0.558. The maximum atomic E-state index is 12.9. The number of amides is 1. The van der Waals surface area contributed by atoms with Gasteiger partial charge in [-0.25, -0.2) is 0 Å². The number of hydrogen-bond donors (Lipinski definition) is 1. The van der Waals surface area contributed by atoms with Crippen LogP contribution in [0.1, 0.15) is 47.5 Å². The maximum absolute atomic E-state index is 12.9. The molecule has 0 radical (unpaired) electrons. The van der Waals surface area contributed by atoms with Crippen molar-refractivity contribution in [1.29, 1.82) is 0 Å². The fraction of sp³-hybridized carbons (Fsp3) is 0.933. The Hall–Kier alpha value is -0.610. The summed E-state index contributed by atoms with van der Waals surface area (Å²) in [7, 11) is 0. The van der Waals surface area contributed by atoms with E-state index in [1.54, 1.807) is 0 Å². The second-order valence-electron chi connectivity index (χ2n) is 6.36. The topological polar surface area (TPSA) is 55.6 Å². The average molecular weight is 270 g/mol. The summed E-state index contributed by atoms with van der Waals surface area (Å²) in [6, 6.07) is 0.114. The van der Waals surface area contributed by atoms with Crippen molar-refractivity contribution in [2.45, 2.75) is 59.5 Å². The summed E-state index contributed by atoms with van der Waals surface area (Å²) in [6.45, 7) is 12.3. The van der Waals surface area contributed by atoms with Crippen molar-refractivity contribution in [2.24, 2.45) is 17.1 Å². The molecule has 1 aliphatic rings. The molecule has 1 heterocycles. The Morgan fingerprint density at radius 1 is 1.42 bits per heavy atom. The molecule has 0 aliphatic carbocycles. The first kappa shape index (κ1) is 16.4. The summed E-state index contributed by atoms with van der Waals surface area (Å²) in [5.74, 6) is 0.631. The van der Waals surface area contributed by atoms with Crippen molar-refractivity contribution in [3.63, 3.8) is 0 Å². The third-order valence-electron chi connectivity index (χ3n) is 4.21. The highest BCUT2D eigenvalue weighted by molar-refractivity contribution is 5.84. The molecule has 1 rings (SSSR count). The van der Waals surface area contributed by atoms with Crippen LogP contribution in [0.3, 0.4) is 0 Å². The van der Waals surface area contributed by atoms with Crippen LogP contribution in [0.25, 0.3) is 0 Å². The highest BCUT2D eigenvalue weighted by atomic mass is 16.5. The zero-order valence-electron chi connectivity index (χ0n) is 13.1. The summed E-state index contributed by atoms with van der Waals surface area (Å²) >= 11 is 0. The molecule has 1 saturated heterocycles. The van der Waals surface area contributed by atoms with Crippen molar-refractivity contribution in [1.82, 2.24) is 4.90 Å². The van der Waals surface area contributed by atoms with E-state index >= 15 is 0 Å². The summed E-state index contributed by atoms with van der Waals surface area (Å²) < 4.78 is 5.42. The van der Waals surface area contributed by atoms with Crippen LogP contribution in [0.2, 0.25) is 0 Å². The highest BCUT2D eigenvalue weighted by Crippen LogP contribution is 2.31. The number of ether oxygens (including phenoxy) is 1. The van der Waals surface area contributed by atoms with Gasteiger partial charge in [-0.2, -0.15) is 0 Å². The van der Waals surface area contributed by atoms with E-state index in [1.807, 2.05) is 11.8 Å². The lowest BCUT2D eigenvalue weighted by Gasteiger charge is -2.38. The van der Waals surface area contributed by atoms with E-state index in [9.17, 15) is 4.79 Å². The third-order valence-corrected chi connectivity index (χ3v) is 4.21. The van der Waals surface area contributed by atoms with E-state index in [2.05, 4.69) is 27.7 Å². The number of carbonyl (C=O) groups is 1. The molecule has 0 aromatic carbocycles. The summed E-state index contributed by atoms with van der Waals surface area (Å²) in [6.07, 6.45) is 1.97. The van der Waals surface area contributed by atoms with Gasteiger partial charge in [-0.3, -0.25) is 4.79 Å². The Kier molecular flexibility index (Phi) is 5.81. The molecule has 1 amide bonds. The van der Waals surface area contributed by atoms with E-state index in [0.717, 1.165) is 19.4 Å². The van der Waals surface area contributed by atoms with E-state index in [1.165, 1.54) is 0 Å². The predicted octanol–water partition coefficient (Wildman–Crippen LogP) is 2.02. The third kappa shape index (κ3) is 3.48. The second-order valence-corrected chi connectivity index (χ2v) is 6.36. The Bertz CT molecular complexity index is 303. The molecule has 0 spiro atoms. The van der Waals surface area contributed by atoms with Gasteiger partial charge < -0.3 is 15.4 Å². The van der Waals surface area contributed by atoms with Crippen molar-refractivity contribution < 1.29 is 9.53 Å². The molecule has 19 heavy (non-hydrogen) atoms. The first-order valence-corrected chi connectivity index (χ1v) is 7.51. The van der Waals surface area contributed by atoms with Gasteiger partial charge in [0.15, 0.2) is 0 Å². The molecule has 112 valence electrons. The number of hydrogen-bond acceptors (Lipinski definition) is 3. The van der Waals surface area contributed by atoms with Gasteiger partial charge in [-0.15, -0.1) is 0 Å². The number of rotatable bonds is 6. The predicted molar refractivity (Wildman–Crippen MR) is 77.8 cm³/mol. The summed E-state index contributed by atoms with van der Waals surface area (Å²) in [5.41, 5.74) is 5.54. The van der Waals surface area contributed by atoms with Crippen LogP contribution >= 0.6 is 0 Å². The monoisotopic (exact) mass is 270 g/mol. The van der Waals surface area contributed by atoms with Gasteiger partial charge in [-0.1, -0.05) is 27.7 Å². The van der Waals surface area contributed by atoms with Crippen LogP contribution in [0.5, 0.6) is 0 Å². The molecule has 0 saturated carbocycles. The molecule has 4 heteroatoms. The lowest BCUT2D eigenvalue weighted by Crippen LogP contribution is -2.55. The van der Waals surface area contributed by atoms with Crippen LogP contribution in [0.4, 0.5) is 0 Å². The largest absolute Gasteiger partial charge is 0.379 e. The van der Waals surface area contributed by atoms with Crippen LogP contribution in [0, 0.1) is 11.3 Å². The van der Waals surface area contributed by atoms with Crippen molar-refractivity contribution in [2.75, 3.05) is 19.8 Å². The van der Waals surface area contributed by atoms with Crippen LogP contribution in [-0.2, 0) is 9.53 Å². The Morgan fingerprint density at radius 3 is 2.37 bits per heavy atom. The molecule has 2 atom stereocenters. The van der Waals surface area contributed by atoms with E-state index in [0.29, 0.717) is 25.2 Å². The van der Waals surface area contributed by atoms with Crippen molar-refractivity contribution in [3.8, 4) is 0 Å². The molecule has 0 aromatic rings. The Labute approximate surface area is 117 Å². The van der Waals surface area contributed by atoms with Crippen molar-refractivity contribution in [3.05, 3.63) is 0 Å². The van der Waals surface area contributed by atoms with Gasteiger partial charge in [0.1, 0.15) is 0 Å². The smallest absolute Gasteiger partial charge is 0.232 e. The fourth-order valence-electron chi connectivity index (χ4n) is 2.76. The lowest BCUT2D eigenvalue weighted by atomic mass is 9.83. The standard InChI is InChI=1S/C15H30N2O2/c1-6-12(7-2)17(8-11(3)4)14(18)15(5)10-19-9-13(15)16/h11-13H,6-10,16H2,1-5H3. The van der Waals surface area contributed by atoms with E-state index < -0.39 is 5.41 Å². The van der Waals surface area contributed by atoms with Gasteiger partial charge in [-0.05, 0) is 25.7 Å². The first-order valence-electron chi connectivity index (χ1n) is 7.51. The molecule has 0 bridgehead atoms. The van der Waals surface area contributed by atoms with Gasteiger partial charge in [0.25, 0.3) is 0 Å². The van der Waals surface area contributed by atoms with Gasteiger partial charge in [0.2, 0.25) is 5.91 Å². The van der Waals surface area contributed by atoms with E-state index in [-0.39, 0.29) is 11.9 Å². The number of nitrogens with two attached hydrogens (primary N) is 1. The highest BCUT2D eigenvalue weighted by Gasteiger charge is 2.47. The molecular formula is C15H30N2O2. The average Bonchev–Trinajstić information content (AvgIpc) is 2.69. The first-order chi connectivity index (χ1) is 8.86. The molecule has 2 N–H and O–H groups in total. The number of nitrogens with zero attached hydrogens (tertiary/aromatic N) is 1. The maximum Gasteiger partial charge on any atom is 0.232 e. The molecule has 4 nitrogen and oxygen atoms in total. The minimum Gasteiger partial charge on any atom is -0.379 e. The second kappa shape index (κ2) is 6.71. The Morgan fingerprint density at radius 2 is 2.00 bits per heavy atom. The zero-order chi connectivity index (χ0) is 14.6. The SMILES string of the molecule is CCC(CC)N(CC(C)C)C(=O)C1(C)COCC1N. The summed E-state index contributed by atoms with van der Waals surface area (Å²) in [4.78, 5) is 15.0. The molecular weight excluding hydrogens is 240 g/mol. The van der Waals surface area contributed by atoms with Crippen LogP contribution in [0.15, 0.2) is 0 Å². The quantitative estimate of drug-likeness (QED) is 0.803. The molecule has 1 aliphatic heterocycles. The number of carbonyl (C=O) groups excluding carboxylic acids is 1. The van der Waals surface area contributed by atoms with Gasteiger partial charge in [0, 0.05) is 18.6 Å². The molecule has 1 fully saturated rings. The van der Waals surface area contributed by atoms with Crippen LogP contribution in [-0.4, -0.2) is 42.6 Å². The molecule has 0 aromatic heterocycles. The van der Waals surface area contributed by atoms with Gasteiger partial charge >= 0.3 is 0 Å². The minimum absolute atomic E-state index is 0.167. The fourth-order valence-corrected chi connectivity index (χ4v) is 2.76. The molecule has 2 unspecified atom stereocenters. The van der Waals surface area contributed by atoms with E-state index in [4.69, 9.17) is 10.5 Å². The normalized spacial score (nSPS) is 27.3. The summed E-state index contributed by atoms with van der Waals surface area (Å²) in [5, 5.41) is 0.